The predicted octanol–water partition coefficient (Wildman–Crippen LogP) is 14.7. The van der Waals surface area contributed by atoms with E-state index in [0.717, 1.165) is 61.6 Å². The van der Waals surface area contributed by atoms with Crippen LogP contribution in [0.2, 0.25) is 0 Å². The maximum Gasteiger partial charge on any atom is 0.235 e. The van der Waals surface area contributed by atoms with Gasteiger partial charge in [0.25, 0.3) is 0 Å². The normalized spacial score (nSPS) is 13.8. The van der Waals surface area contributed by atoms with Crippen LogP contribution in [0.15, 0.2) is 205 Å². The van der Waals surface area contributed by atoms with E-state index < -0.39 is 0 Å². The third-order valence-electron chi connectivity index (χ3n) is 13.5. The number of hydrogen-bond acceptors (Lipinski definition) is 3. The average Bonchev–Trinajstić information content (AvgIpc) is 4.01. The van der Waals surface area contributed by atoms with E-state index in [2.05, 4.69) is 197 Å². The molecule has 0 bridgehead atoms. The summed E-state index contributed by atoms with van der Waals surface area (Å²) in [4.78, 5) is 10.9. The van der Waals surface area contributed by atoms with Gasteiger partial charge in [-0.05, 0) is 77.0 Å². The Balaban J connectivity index is 1.04. The minimum atomic E-state index is 0.102. The van der Waals surface area contributed by atoms with Crippen molar-refractivity contribution < 1.29 is 4.42 Å². The van der Waals surface area contributed by atoms with Crippen LogP contribution < -0.4 is 0 Å². The van der Waals surface area contributed by atoms with Gasteiger partial charge in [0.2, 0.25) is 5.95 Å². The van der Waals surface area contributed by atoms with Crippen LogP contribution in [0.3, 0.4) is 0 Å². The highest BCUT2D eigenvalue weighted by atomic mass is 16.3. The highest BCUT2D eigenvalue weighted by molar-refractivity contribution is 6.20. The fourth-order valence-electron chi connectivity index (χ4n) is 10.9. The molecule has 0 saturated carbocycles. The highest BCUT2D eigenvalue weighted by Crippen LogP contribution is 2.50. The fraction of sp³-hybridized carbons (Fsp3) is 0.0345. The van der Waals surface area contributed by atoms with Gasteiger partial charge in [-0.1, -0.05) is 152 Å². The highest BCUT2D eigenvalue weighted by Gasteiger charge is 2.33. The van der Waals surface area contributed by atoms with E-state index in [9.17, 15) is 0 Å². The Morgan fingerprint density at radius 2 is 1.08 bits per heavy atom. The molecule has 13 aromatic rings. The molecule has 4 heterocycles. The number of para-hydroxylation sites is 6. The first-order valence-electron chi connectivity index (χ1n) is 21.7. The van der Waals surface area contributed by atoms with Crippen LogP contribution in [0.4, 0.5) is 0 Å². The SMILES string of the molecule is c1ccc(-n2c3c(c4ccccc42)-c2ccccc2C(c2cc4c5ccccc5n(-c5nc(-c6cccc7c6oc6ccccc67)c6ccccc6n5)c4c4ccccc24)C3)cc1. The maximum absolute atomic E-state index is 6.61. The van der Waals surface area contributed by atoms with Crippen molar-refractivity contribution >= 4 is 76.3 Å². The molecule has 1 atom stereocenters. The summed E-state index contributed by atoms with van der Waals surface area (Å²) in [5.41, 5.74) is 15.6. The number of fused-ring (bicyclic) bond motifs is 14. The first kappa shape index (κ1) is 34.4. The number of hydrogen-bond donors (Lipinski definition) is 0. The molecule has 0 saturated heterocycles. The minimum absolute atomic E-state index is 0.102. The van der Waals surface area contributed by atoms with Crippen LogP contribution in [0, 0.1) is 0 Å². The molecule has 0 radical (unpaired) electrons. The summed E-state index contributed by atoms with van der Waals surface area (Å²) >= 11 is 0. The lowest BCUT2D eigenvalue weighted by atomic mass is 9.76. The maximum atomic E-state index is 6.61. The van der Waals surface area contributed by atoms with Crippen LogP contribution >= 0.6 is 0 Å². The van der Waals surface area contributed by atoms with Crippen LogP contribution in [0.5, 0.6) is 0 Å². The Kier molecular flexibility index (Phi) is 7.17. The molecule has 5 heteroatoms. The quantitative estimate of drug-likeness (QED) is 0.178. The zero-order valence-electron chi connectivity index (χ0n) is 34.0. The Bertz CT molecular complexity index is 3990. The number of aromatic nitrogens is 4. The van der Waals surface area contributed by atoms with Gasteiger partial charge >= 0.3 is 0 Å². The lowest BCUT2D eigenvalue weighted by Crippen LogP contribution is -2.15. The summed E-state index contributed by atoms with van der Waals surface area (Å²) in [6, 6.07) is 72.0. The third-order valence-corrected chi connectivity index (χ3v) is 13.5. The van der Waals surface area contributed by atoms with Gasteiger partial charge in [0.05, 0.1) is 27.8 Å². The van der Waals surface area contributed by atoms with E-state index in [1.165, 1.54) is 66.1 Å². The Morgan fingerprint density at radius 1 is 0.444 bits per heavy atom. The molecule has 0 amide bonds. The van der Waals surface area contributed by atoms with Crippen molar-refractivity contribution in [1.29, 1.82) is 0 Å². The molecule has 63 heavy (non-hydrogen) atoms. The van der Waals surface area contributed by atoms with Crippen molar-refractivity contribution in [2.75, 3.05) is 0 Å². The van der Waals surface area contributed by atoms with Crippen molar-refractivity contribution in [2.45, 2.75) is 12.3 Å². The van der Waals surface area contributed by atoms with Crippen molar-refractivity contribution in [3.8, 4) is 34.0 Å². The van der Waals surface area contributed by atoms with Crippen molar-refractivity contribution in [1.82, 2.24) is 19.1 Å². The number of nitrogens with zero attached hydrogens (tertiary/aromatic N) is 4. The molecule has 0 N–H and O–H groups in total. The van der Waals surface area contributed by atoms with E-state index in [-0.39, 0.29) is 5.92 Å². The third kappa shape index (κ3) is 4.87. The summed E-state index contributed by atoms with van der Waals surface area (Å²) in [7, 11) is 0. The van der Waals surface area contributed by atoms with Gasteiger partial charge in [-0.15, -0.1) is 0 Å². The molecule has 1 aliphatic rings. The van der Waals surface area contributed by atoms with E-state index in [4.69, 9.17) is 14.4 Å². The average molecular weight is 805 g/mol. The van der Waals surface area contributed by atoms with Gasteiger partial charge in [0, 0.05) is 66.1 Å². The second-order valence-electron chi connectivity index (χ2n) is 16.8. The standard InChI is InChI=1S/C58H36N4O/c1-2-17-35(18-3-1)61-51-31-14-10-26-44(51)54-40-23-6-4-19-36(40)47(34-52(54)61)46-33-48-38-21-9-13-30-50(38)62(56(48)41-24-7-5-20-37(41)46)58-59-49-29-12-8-25-43(49)55(60-58)45-28-16-27-42-39-22-11-15-32-53(39)63-57(42)45/h1-33,47H,34H2. The van der Waals surface area contributed by atoms with Gasteiger partial charge in [-0.3, -0.25) is 4.57 Å². The van der Waals surface area contributed by atoms with E-state index in [1.807, 2.05) is 12.1 Å². The summed E-state index contributed by atoms with van der Waals surface area (Å²) in [6.45, 7) is 0. The second-order valence-corrected chi connectivity index (χ2v) is 16.8. The summed E-state index contributed by atoms with van der Waals surface area (Å²) in [5.74, 6) is 0.727. The lowest BCUT2D eigenvalue weighted by Gasteiger charge is -2.29. The van der Waals surface area contributed by atoms with Crippen LogP contribution in [-0.4, -0.2) is 19.1 Å². The van der Waals surface area contributed by atoms with Crippen LogP contribution in [0.1, 0.15) is 22.7 Å². The van der Waals surface area contributed by atoms with Crippen molar-refractivity contribution in [2.24, 2.45) is 0 Å². The molecule has 5 nitrogen and oxygen atoms in total. The number of rotatable bonds is 4. The zero-order chi connectivity index (χ0) is 41.2. The largest absolute Gasteiger partial charge is 0.455 e. The summed E-state index contributed by atoms with van der Waals surface area (Å²) in [5, 5.41) is 9.18. The van der Waals surface area contributed by atoms with E-state index >= 15 is 0 Å². The molecule has 0 spiro atoms. The van der Waals surface area contributed by atoms with Gasteiger partial charge in [-0.2, -0.15) is 0 Å². The van der Waals surface area contributed by atoms with Crippen molar-refractivity contribution in [3.63, 3.8) is 0 Å². The van der Waals surface area contributed by atoms with Crippen LogP contribution in [0.25, 0.3) is 110 Å². The van der Waals surface area contributed by atoms with E-state index in [1.54, 1.807) is 0 Å². The first-order chi connectivity index (χ1) is 31.3. The molecular formula is C58H36N4O. The molecule has 294 valence electrons. The Labute approximate surface area is 361 Å². The monoisotopic (exact) mass is 804 g/mol. The summed E-state index contributed by atoms with van der Waals surface area (Å²) < 4.78 is 11.4. The zero-order valence-corrected chi connectivity index (χ0v) is 34.0. The molecule has 9 aromatic carbocycles. The topological polar surface area (TPSA) is 48.8 Å². The molecule has 4 aromatic heterocycles. The Hall–Kier alpha value is -8.28. The lowest BCUT2D eigenvalue weighted by molar-refractivity contribution is 0.670. The molecule has 1 aliphatic carbocycles. The smallest absolute Gasteiger partial charge is 0.235 e. The molecule has 0 fully saturated rings. The summed E-state index contributed by atoms with van der Waals surface area (Å²) in [6.07, 6.45) is 0.856. The second kappa shape index (κ2) is 13.1. The molecular weight excluding hydrogens is 769 g/mol. The number of benzene rings is 9. The Morgan fingerprint density at radius 3 is 1.94 bits per heavy atom. The van der Waals surface area contributed by atoms with Gasteiger partial charge in [0.15, 0.2) is 0 Å². The van der Waals surface area contributed by atoms with Crippen molar-refractivity contribution in [3.05, 3.63) is 217 Å². The molecule has 14 rings (SSSR count). The molecule has 0 aliphatic heterocycles. The predicted molar refractivity (Wildman–Crippen MR) is 258 cm³/mol. The number of furan rings is 1. The van der Waals surface area contributed by atoms with E-state index in [0.29, 0.717) is 5.95 Å². The van der Waals surface area contributed by atoms with Gasteiger partial charge < -0.3 is 8.98 Å². The molecule has 1 unspecified atom stereocenters. The fourth-order valence-corrected chi connectivity index (χ4v) is 10.9. The van der Waals surface area contributed by atoms with Crippen LogP contribution in [-0.2, 0) is 6.42 Å². The van der Waals surface area contributed by atoms with Gasteiger partial charge in [0.1, 0.15) is 11.2 Å². The van der Waals surface area contributed by atoms with Gasteiger partial charge in [-0.25, -0.2) is 9.97 Å². The minimum Gasteiger partial charge on any atom is -0.455 e. The first-order valence-corrected chi connectivity index (χ1v) is 21.7.